The van der Waals surface area contributed by atoms with Crippen LogP contribution in [0.4, 0.5) is 0 Å². The molecule has 1 N–H and O–H groups in total. The molecule has 0 atom stereocenters. The van der Waals surface area contributed by atoms with Gasteiger partial charge in [-0.25, -0.2) is 4.98 Å². The number of phenols is 1. The Morgan fingerprint density at radius 3 is 1.70 bits per heavy atom. The number of rotatable bonds is 10. The van der Waals surface area contributed by atoms with E-state index in [9.17, 15) is 9.22 Å². The normalized spacial score (nSPS) is 12.7. The minimum absolute atomic E-state index is 0. The maximum Gasteiger partial charge on any atom is 0.148 e. The molecule has 0 aliphatic carbocycles. The number of pyridine rings is 1. The van der Waals surface area contributed by atoms with E-state index in [1.54, 1.807) is 0 Å². The summed E-state index contributed by atoms with van der Waals surface area (Å²) in [5.41, 5.74) is 17.8. The number of hydrogen-bond donors (Lipinski definition) is 1. The van der Waals surface area contributed by atoms with Gasteiger partial charge in [0.05, 0.1) is 22.3 Å². The predicted octanol–water partition coefficient (Wildman–Crippen LogP) is 18.7. The topological polar surface area (TPSA) is 50.9 Å². The summed E-state index contributed by atoms with van der Waals surface area (Å²) in [6.07, 6.45) is 1.86. The van der Waals surface area contributed by atoms with Gasteiger partial charge in [-0.3, -0.25) is 9.55 Å². The summed E-state index contributed by atoms with van der Waals surface area (Å²) in [4.78, 5) is 10.5. The van der Waals surface area contributed by atoms with E-state index in [1.807, 2.05) is 77.5 Å². The fourth-order valence-corrected chi connectivity index (χ4v) is 9.83. The molecule has 4 nitrogen and oxygen atoms in total. The molecule has 0 spiro atoms. The average molecular weight is 1150 g/mol. The molecule has 0 unspecified atom stereocenters. The molecule has 8 aromatic carbocycles. The van der Waals surface area contributed by atoms with Crippen molar-refractivity contribution in [2.75, 3.05) is 0 Å². The van der Waals surface area contributed by atoms with Crippen LogP contribution in [-0.2, 0) is 31.9 Å². The molecule has 2 heterocycles. The van der Waals surface area contributed by atoms with Gasteiger partial charge in [0.15, 0.2) is 0 Å². The average Bonchev–Trinajstić information content (AvgIpc) is 3.85. The van der Waals surface area contributed by atoms with Gasteiger partial charge >= 0.3 is 0 Å². The van der Waals surface area contributed by atoms with Crippen LogP contribution in [0.2, 0.25) is 0 Å². The second kappa shape index (κ2) is 20.6. The predicted molar refractivity (Wildman–Crippen MR) is 308 cm³/mol. The first kappa shape index (κ1) is 47.8. The van der Waals surface area contributed by atoms with Crippen LogP contribution in [0.3, 0.4) is 0 Å². The number of aromatic hydroxyl groups is 1. The molecule has 0 aliphatic heterocycles. The third kappa shape index (κ3) is 10.4. The summed E-state index contributed by atoms with van der Waals surface area (Å²) in [5.74, 6) is 0.705. The summed E-state index contributed by atoms with van der Waals surface area (Å²) < 4.78 is 29.6. The molecule has 5 heteroatoms. The molecular formula is C69H66N3OPt-. The smallest absolute Gasteiger partial charge is 0.148 e. The fourth-order valence-electron chi connectivity index (χ4n) is 9.83. The standard InChI is InChI=1S/C69H66N3O.Pt/c1-43(2)52-39-60(44(3)4)66(73)61(40-52)67-71-65-59(23-18-24-64(65)72(67)63-30-29-50(33-45(63)5)54-37-57(68(6,7)8)42-58(38-54)69(9,10)11)55-34-53(47-21-16-13-17-22-47)35-56(36-55)62-41-51(31-32-70-62)49-27-25-48(26-28-49)46-19-14-12-15-20-46;/h12-35,37-44,73H,1-11H3;/q-1;/i5D3;. The number of para-hydroxylation sites is 1. The second-order valence-corrected chi connectivity index (χ2v) is 22.2. The zero-order valence-electron chi connectivity index (χ0n) is 47.1. The third-order valence-corrected chi connectivity index (χ3v) is 14.2. The molecule has 0 radical (unpaired) electrons. The van der Waals surface area contributed by atoms with Crippen LogP contribution in [0.25, 0.3) is 95.0 Å². The first-order valence-electron chi connectivity index (χ1n) is 27.1. The van der Waals surface area contributed by atoms with Crippen molar-refractivity contribution in [2.45, 2.75) is 98.8 Å². The molecular weight excluding hydrogens is 1080 g/mol. The van der Waals surface area contributed by atoms with E-state index < -0.39 is 6.85 Å². The van der Waals surface area contributed by atoms with Gasteiger partial charge in [-0.1, -0.05) is 219 Å². The summed E-state index contributed by atoms with van der Waals surface area (Å²) in [5, 5.41) is 12.4. The van der Waals surface area contributed by atoms with E-state index >= 15 is 0 Å². The Morgan fingerprint density at radius 1 is 0.527 bits per heavy atom. The zero-order valence-corrected chi connectivity index (χ0v) is 46.4. The van der Waals surface area contributed by atoms with E-state index in [4.69, 9.17) is 9.97 Å². The summed E-state index contributed by atoms with van der Waals surface area (Å²) in [6, 6.07) is 64.2. The van der Waals surface area contributed by atoms with Crippen molar-refractivity contribution in [2.24, 2.45) is 0 Å². The van der Waals surface area contributed by atoms with Crippen LogP contribution in [-0.4, -0.2) is 19.6 Å². The monoisotopic (exact) mass is 1150 g/mol. The van der Waals surface area contributed by atoms with Gasteiger partial charge in [-0.2, -0.15) is 0 Å². The van der Waals surface area contributed by atoms with Crippen molar-refractivity contribution >= 4 is 11.0 Å². The fraction of sp³-hybridized carbons (Fsp3) is 0.217. The van der Waals surface area contributed by atoms with E-state index in [0.29, 0.717) is 28.1 Å². The number of imidazole rings is 1. The van der Waals surface area contributed by atoms with Crippen molar-refractivity contribution in [3.63, 3.8) is 0 Å². The molecule has 10 rings (SSSR count). The van der Waals surface area contributed by atoms with Gasteiger partial charge in [-0.15, -0.1) is 23.8 Å². The number of aromatic nitrogens is 3. The number of hydrogen-bond acceptors (Lipinski definition) is 3. The van der Waals surface area contributed by atoms with Gasteiger partial charge in [-0.05, 0) is 127 Å². The Labute approximate surface area is 457 Å². The molecule has 0 saturated heterocycles. The Bertz CT molecular complexity index is 3740. The minimum Gasteiger partial charge on any atom is -0.507 e. The van der Waals surface area contributed by atoms with Crippen LogP contribution < -0.4 is 0 Å². The number of phenolic OH excluding ortho intramolecular Hbond substituents is 1. The van der Waals surface area contributed by atoms with E-state index in [2.05, 4.69) is 184 Å². The maximum atomic E-state index is 12.4. The van der Waals surface area contributed by atoms with Crippen LogP contribution in [0.15, 0.2) is 182 Å². The minimum atomic E-state index is -2.53. The quantitative estimate of drug-likeness (QED) is 0.139. The number of fused-ring (bicyclic) bond motifs is 1. The first-order valence-corrected chi connectivity index (χ1v) is 25.6. The van der Waals surface area contributed by atoms with Crippen molar-refractivity contribution in [1.29, 1.82) is 0 Å². The Hall–Kier alpha value is -7.13. The summed E-state index contributed by atoms with van der Waals surface area (Å²) in [7, 11) is 0. The van der Waals surface area contributed by atoms with Crippen molar-refractivity contribution < 1.29 is 30.3 Å². The largest absolute Gasteiger partial charge is 0.507 e. The van der Waals surface area contributed by atoms with Gasteiger partial charge in [0, 0.05) is 37.1 Å². The molecule has 2 aromatic heterocycles. The molecule has 0 aliphatic rings. The van der Waals surface area contributed by atoms with Gasteiger partial charge < -0.3 is 5.11 Å². The number of benzene rings is 8. The molecule has 10 aromatic rings. The summed E-state index contributed by atoms with van der Waals surface area (Å²) >= 11 is 0. The van der Waals surface area contributed by atoms with Crippen molar-refractivity contribution in [1.82, 2.24) is 14.5 Å². The van der Waals surface area contributed by atoms with Crippen molar-refractivity contribution in [3.8, 4) is 89.7 Å². The Kier molecular flexibility index (Phi) is 13.3. The van der Waals surface area contributed by atoms with Crippen molar-refractivity contribution in [3.05, 3.63) is 216 Å². The van der Waals surface area contributed by atoms with E-state index in [0.717, 1.165) is 72.5 Å². The molecule has 374 valence electrons. The molecule has 74 heavy (non-hydrogen) atoms. The SMILES string of the molecule is [2H]C([2H])([2H])c1cc(-c2cc(C(C)(C)C)cc(C(C)(C)C)c2)ccc1-n1c(-c2cc(C(C)C)cc(C(C)C)c2O)nc2c(-c3[c-]c(-c4cc(-c5ccc(-c6ccccc6)cc5)ccn4)cc(-c4ccccc4)c3)cccc21.[Pt]. The van der Waals surface area contributed by atoms with Crippen LogP contribution in [0.1, 0.15) is 113 Å². The number of nitrogens with zero attached hydrogens (tertiary/aromatic N) is 3. The van der Waals surface area contributed by atoms with E-state index in [1.165, 1.54) is 16.7 Å². The summed E-state index contributed by atoms with van der Waals surface area (Å²) in [6.45, 7) is 19.2. The molecule has 0 bridgehead atoms. The molecule has 0 amide bonds. The Balaban J connectivity index is 0.00000722. The zero-order chi connectivity index (χ0) is 53.8. The van der Waals surface area contributed by atoms with Gasteiger partial charge in [0.2, 0.25) is 0 Å². The third-order valence-electron chi connectivity index (χ3n) is 14.2. The van der Waals surface area contributed by atoms with E-state index in [-0.39, 0.29) is 55.0 Å². The second-order valence-electron chi connectivity index (χ2n) is 22.2. The van der Waals surface area contributed by atoms with Crippen LogP contribution in [0, 0.1) is 12.9 Å². The molecule has 0 fully saturated rings. The first-order chi connectivity index (χ1) is 36.1. The van der Waals surface area contributed by atoms with Gasteiger partial charge in [0.25, 0.3) is 0 Å². The maximum absolute atomic E-state index is 12.4. The Morgan fingerprint density at radius 2 is 1.09 bits per heavy atom. The van der Waals surface area contributed by atoms with Gasteiger partial charge in [0.1, 0.15) is 11.6 Å². The van der Waals surface area contributed by atoms with Crippen LogP contribution >= 0.6 is 0 Å². The van der Waals surface area contributed by atoms with Crippen LogP contribution in [0.5, 0.6) is 5.75 Å². The number of aryl methyl sites for hydroxylation is 1. The molecule has 0 saturated carbocycles.